The lowest BCUT2D eigenvalue weighted by atomic mass is 9.92. The molecule has 0 spiro atoms. The van der Waals surface area contributed by atoms with E-state index in [1.807, 2.05) is 63.8 Å². The SMILES string of the molecule is CCOC(=O)C1=C(C)N(CC)C(=S)NC1c1ccc(NC(=O)CC(C)(C)C)cc1. The van der Waals surface area contributed by atoms with E-state index in [1.165, 1.54) is 0 Å². The average molecular weight is 418 g/mol. The third-order valence-electron chi connectivity index (χ3n) is 4.63. The van der Waals surface area contributed by atoms with Gasteiger partial charge in [0.05, 0.1) is 18.2 Å². The number of thiocarbonyl (C=S) groups is 1. The Hall–Kier alpha value is -2.41. The van der Waals surface area contributed by atoms with Crippen molar-refractivity contribution < 1.29 is 14.3 Å². The Morgan fingerprint density at radius 2 is 1.83 bits per heavy atom. The van der Waals surface area contributed by atoms with Crippen molar-refractivity contribution in [3.05, 3.63) is 41.1 Å². The van der Waals surface area contributed by atoms with Gasteiger partial charge in [-0.1, -0.05) is 32.9 Å². The van der Waals surface area contributed by atoms with Crippen LogP contribution in [0.1, 0.15) is 59.6 Å². The van der Waals surface area contributed by atoms with Gasteiger partial charge in [0.2, 0.25) is 5.91 Å². The molecule has 1 amide bonds. The number of carbonyl (C=O) groups is 2. The highest BCUT2D eigenvalue weighted by molar-refractivity contribution is 7.80. The van der Waals surface area contributed by atoms with Gasteiger partial charge in [-0.3, -0.25) is 4.79 Å². The first kappa shape index (κ1) is 22.9. The van der Waals surface area contributed by atoms with E-state index in [4.69, 9.17) is 17.0 Å². The molecular weight excluding hydrogens is 386 g/mol. The third-order valence-corrected chi connectivity index (χ3v) is 4.96. The number of benzene rings is 1. The number of allylic oxidation sites excluding steroid dienone is 1. The Balaban J connectivity index is 2.29. The molecule has 6 nitrogen and oxygen atoms in total. The second kappa shape index (κ2) is 9.39. The van der Waals surface area contributed by atoms with Crippen molar-refractivity contribution >= 4 is 34.9 Å². The quantitative estimate of drug-likeness (QED) is 0.535. The van der Waals surface area contributed by atoms with Gasteiger partial charge >= 0.3 is 5.97 Å². The van der Waals surface area contributed by atoms with Crippen molar-refractivity contribution in [1.29, 1.82) is 0 Å². The number of esters is 1. The largest absolute Gasteiger partial charge is 0.463 e. The summed E-state index contributed by atoms with van der Waals surface area (Å²) < 4.78 is 5.29. The molecule has 1 aliphatic rings. The fourth-order valence-corrected chi connectivity index (χ4v) is 3.71. The molecule has 0 aromatic heterocycles. The molecule has 1 atom stereocenters. The van der Waals surface area contributed by atoms with Gasteiger partial charge in [0.1, 0.15) is 0 Å². The maximum absolute atomic E-state index is 12.7. The van der Waals surface area contributed by atoms with Gasteiger partial charge < -0.3 is 20.3 Å². The Bertz CT molecular complexity index is 810. The second-order valence-corrected chi connectivity index (χ2v) is 8.64. The first-order valence-corrected chi connectivity index (χ1v) is 10.3. The van der Waals surface area contributed by atoms with Gasteiger partial charge in [-0.2, -0.15) is 0 Å². The van der Waals surface area contributed by atoms with E-state index < -0.39 is 6.04 Å². The van der Waals surface area contributed by atoms with Crippen LogP contribution in [0.4, 0.5) is 5.69 Å². The maximum atomic E-state index is 12.7. The van der Waals surface area contributed by atoms with E-state index in [-0.39, 0.29) is 17.3 Å². The van der Waals surface area contributed by atoms with Gasteiger partial charge in [-0.25, -0.2) is 4.79 Å². The molecule has 0 saturated heterocycles. The molecule has 2 rings (SSSR count). The number of ether oxygens (including phenoxy) is 1. The molecule has 158 valence electrons. The summed E-state index contributed by atoms with van der Waals surface area (Å²) in [6, 6.07) is 7.06. The minimum Gasteiger partial charge on any atom is -0.463 e. The normalized spacial score (nSPS) is 17.1. The van der Waals surface area contributed by atoms with Gasteiger partial charge in [0.25, 0.3) is 0 Å². The van der Waals surface area contributed by atoms with Crippen LogP contribution in [0.5, 0.6) is 0 Å². The highest BCUT2D eigenvalue weighted by Gasteiger charge is 2.34. The zero-order valence-electron chi connectivity index (χ0n) is 18.1. The zero-order valence-corrected chi connectivity index (χ0v) is 18.9. The number of anilines is 1. The smallest absolute Gasteiger partial charge is 0.338 e. The summed E-state index contributed by atoms with van der Waals surface area (Å²) in [7, 11) is 0. The van der Waals surface area contributed by atoms with Crippen molar-refractivity contribution in [1.82, 2.24) is 10.2 Å². The summed E-state index contributed by atoms with van der Waals surface area (Å²) in [6.07, 6.45) is 0.439. The number of nitrogens with zero attached hydrogens (tertiary/aromatic N) is 1. The van der Waals surface area contributed by atoms with Gasteiger partial charge in [-0.15, -0.1) is 0 Å². The van der Waals surface area contributed by atoms with Crippen LogP contribution in [0.15, 0.2) is 35.5 Å². The van der Waals surface area contributed by atoms with Crippen LogP contribution in [0.3, 0.4) is 0 Å². The van der Waals surface area contributed by atoms with Gasteiger partial charge in [0, 0.05) is 24.4 Å². The third kappa shape index (κ3) is 5.79. The molecule has 1 aliphatic heterocycles. The number of amides is 1. The van der Waals surface area contributed by atoms with E-state index in [9.17, 15) is 9.59 Å². The Morgan fingerprint density at radius 3 is 2.34 bits per heavy atom. The van der Waals surface area contributed by atoms with Crippen molar-refractivity contribution in [2.24, 2.45) is 5.41 Å². The second-order valence-electron chi connectivity index (χ2n) is 8.25. The molecule has 0 bridgehead atoms. The monoisotopic (exact) mass is 417 g/mol. The first-order valence-electron chi connectivity index (χ1n) is 9.93. The van der Waals surface area contributed by atoms with Gasteiger partial charge in [-0.05, 0) is 56.1 Å². The zero-order chi connectivity index (χ0) is 21.8. The van der Waals surface area contributed by atoms with Crippen LogP contribution in [0.25, 0.3) is 0 Å². The summed E-state index contributed by atoms with van der Waals surface area (Å²) in [5.74, 6) is -0.380. The molecule has 29 heavy (non-hydrogen) atoms. The lowest BCUT2D eigenvalue weighted by Crippen LogP contribution is -2.47. The topological polar surface area (TPSA) is 70.7 Å². The predicted octanol–water partition coefficient (Wildman–Crippen LogP) is 4.15. The molecule has 1 heterocycles. The Labute approximate surface area is 178 Å². The molecule has 1 unspecified atom stereocenters. The van der Waals surface area contributed by atoms with Crippen LogP contribution in [0.2, 0.25) is 0 Å². The number of rotatable bonds is 6. The molecular formula is C22H31N3O3S. The van der Waals surface area contributed by atoms with Crippen LogP contribution in [-0.4, -0.2) is 35.0 Å². The summed E-state index contributed by atoms with van der Waals surface area (Å²) in [5.41, 5.74) is 2.86. The highest BCUT2D eigenvalue weighted by atomic mass is 32.1. The highest BCUT2D eigenvalue weighted by Crippen LogP contribution is 2.32. The van der Waals surface area contributed by atoms with E-state index >= 15 is 0 Å². The Kier molecular flexibility index (Phi) is 7.41. The summed E-state index contributed by atoms with van der Waals surface area (Å²) in [6.45, 7) is 12.7. The lowest BCUT2D eigenvalue weighted by molar-refractivity contribution is -0.139. The molecule has 1 aromatic carbocycles. The molecule has 1 aromatic rings. The molecule has 0 aliphatic carbocycles. The van der Waals surface area contributed by atoms with Crippen LogP contribution in [-0.2, 0) is 14.3 Å². The van der Waals surface area contributed by atoms with Crippen molar-refractivity contribution in [2.75, 3.05) is 18.5 Å². The van der Waals surface area contributed by atoms with E-state index in [0.717, 1.165) is 16.9 Å². The summed E-state index contributed by atoms with van der Waals surface area (Å²) in [5, 5.41) is 6.75. The average Bonchev–Trinajstić information content (AvgIpc) is 2.60. The number of hydrogen-bond acceptors (Lipinski definition) is 4. The van der Waals surface area contributed by atoms with Gasteiger partial charge in [0.15, 0.2) is 5.11 Å². The van der Waals surface area contributed by atoms with Crippen molar-refractivity contribution in [3.8, 4) is 0 Å². The van der Waals surface area contributed by atoms with Crippen molar-refractivity contribution in [3.63, 3.8) is 0 Å². The molecule has 0 radical (unpaired) electrons. The predicted molar refractivity (Wildman–Crippen MR) is 119 cm³/mol. The minimum absolute atomic E-state index is 0.0243. The fraction of sp³-hybridized carbons (Fsp3) is 0.500. The molecule has 2 N–H and O–H groups in total. The number of hydrogen-bond donors (Lipinski definition) is 2. The molecule has 0 fully saturated rings. The maximum Gasteiger partial charge on any atom is 0.338 e. The molecule has 0 saturated carbocycles. The van der Waals surface area contributed by atoms with E-state index in [2.05, 4.69) is 10.6 Å². The van der Waals surface area contributed by atoms with Crippen LogP contribution in [0, 0.1) is 5.41 Å². The fourth-order valence-electron chi connectivity index (χ4n) is 3.33. The lowest BCUT2D eigenvalue weighted by Gasteiger charge is -2.37. The Morgan fingerprint density at radius 1 is 1.21 bits per heavy atom. The summed E-state index contributed by atoms with van der Waals surface area (Å²) >= 11 is 5.49. The standard InChI is InChI=1S/C22H31N3O3S/c1-7-25-14(3)18(20(27)28-8-2)19(24-21(25)29)15-9-11-16(12-10-15)23-17(26)13-22(4,5)6/h9-12,19H,7-8,13H2,1-6H3,(H,23,26)(H,24,29). The number of carbonyl (C=O) groups excluding carboxylic acids is 2. The number of nitrogens with one attached hydrogen (secondary N) is 2. The van der Waals surface area contributed by atoms with Crippen LogP contribution >= 0.6 is 12.2 Å². The van der Waals surface area contributed by atoms with E-state index in [1.54, 1.807) is 6.92 Å². The summed E-state index contributed by atoms with van der Waals surface area (Å²) in [4.78, 5) is 26.7. The van der Waals surface area contributed by atoms with Crippen molar-refractivity contribution in [2.45, 2.75) is 54.0 Å². The molecule has 7 heteroatoms. The van der Waals surface area contributed by atoms with E-state index in [0.29, 0.717) is 30.3 Å². The van der Waals surface area contributed by atoms with Crippen LogP contribution < -0.4 is 10.6 Å². The minimum atomic E-state index is -0.399. The first-order chi connectivity index (χ1) is 13.6.